The lowest BCUT2D eigenvalue weighted by Gasteiger charge is -2.20. The van der Waals surface area contributed by atoms with Crippen LogP contribution in [0.5, 0.6) is 5.75 Å². The average molecular weight is 364 g/mol. The van der Waals surface area contributed by atoms with Crippen LogP contribution in [0.4, 0.5) is 10.1 Å². The summed E-state index contributed by atoms with van der Waals surface area (Å²) in [6.07, 6.45) is 0. The minimum Gasteiger partial charge on any atom is -0.497 e. The van der Waals surface area contributed by atoms with Crippen molar-refractivity contribution in [1.82, 2.24) is 4.57 Å². The molecule has 27 heavy (non-hydrogen) atoms. The first kappa shape index (κ1) is 17.3. The maximum Gasteiger partial charge on any atom is 0.255 e. The fraction of sp³-hybridized carbons (Fsp3) is 0.227. The number of aromatic nitrogens is 1. The van der Waals surface area contributed by atoms with Gasteiger partial charge in [-0.25, -0.2) is 4.39 Å². The van der Waals surface area contributed by atoms with E-state index in [0.29, 0.717) is 17.8 Å². The lowest BCUT2D eigenvalue weighted by molar-refractivity contribution is -0.120. The zero-order valence-electron chi connectivity index (χ0n) is 15.6. The monoisotopic (exact) mass is 364 g/mol. The normalized spacial score (nSPS) is 15.9. The number of carbonyl (C=O) groups excluding carboxylic acids is 1. The van der Waals surface area contributed by atoms with Crippen molar-refractivity contribution in [2.75, 3.05) is 12.0 Å². The topological polar surface area (TPSA) is 34.5 Å². The number of nitrogens with zero attached hydrogens (tertiary/aromatic N) is 2. The van der Waals surface area contributed by atoms with E-state index in [9.17, 15) is 9.18 Å². The largest absolute Gasteiger partial charge is 0.497 e. The van der Waals surface area contributed by atoms with E-state index in [1.807, 2.05) is 60.9 Å². The molecule has 0 saturated heterocycles. The second-order valence-corrected chi connectivity index (χ2v) is 6.84. The summed E-state index contributed by atoms with van der Waals surface area (Å²) >= 11 is 0. The molecule has 138 valence electrons. The van der Waals surface area contributed by atoms with Crippen molar-refractivity contribution < 1.29 is 13.9 Å². The van der Waals surface area contributed by atoms with Gasteiger partial charge in [-0.05, 0) is 49.7 Å². The number of para-hydroxylation sites is 1. The van der Waals surface area contributed by atoms with Crippen molar-refractivity contribution in [3.63, 3.8) is 0 Å². The van der Waals surface area contributed by atoms with E-state index in [0.717, 1.165) is 22.7 Å². The highest BCUT2D eigenvalue weighted by atomic mass is 19.1. The molecular formula is C22H21FN2O2. The minimum atomic E-state index is -0.538. The summed E-state index contributed by atoms with van der Waals surface area (Å²) in [5.74, 6) is 0.252. The average Bonchev–Trinajstić information content (AvgIpc) is 3.13. The van der Waals surface area contributed by atoms with Gasteiger partial charge in [0, 0.05) is 17.0 Å². The zero-order valence-corrected chi connectivity index (χ0v) is 15.6. The first-order valence-electron chi connectivity index (χ1n) is 8.88. The molecule has 4 rings (SSSR count). The lowest BCUT2D eigenvalue weighted by Crippen LogP contribution is -2.31. The Morgan fingerprint density at radius 2 is 1.67 bits per heavy atom. The molecule has 5 heteroatoms. The van der Waals surface area contributed by atoms with Crippen LogP contribution in [0.3, 0.4) is 0 Å². The Hall–Kier alpha value is -3.08. The van der Waals surface area contributed by atoms with Gasteiger partial charge in [0.1, 0.15) is 17.6 Å². The van der Waals surface area contributed by atoms with Crippen molar-refractivity contribution in [1.29, 1.82) is 0 Å². The molecule has 0 aliphatic carbocycles. The Bertz CT molecular complexity index is 988. The van der Waals surface area contributed by atoms with Gasteiger partial charge in [0.05, 0.1) is 19.3 Å². The summed E-state index contributed by atoms with van der Waals surface area (Å²) in [5.41, 5.74) is 3.95. The highest BCUT2D eigenvalue weighted by Gasteiger charge is 2.41. The SMILES string of the molecule is COc1ccc(CN2C(=O)C(n3c(C)ccc3C)c3cccc(F)c32)cc1. The molecule has 1 amide bonds. The molecule has 1 aliphatic rings. The Balaban J connectivity index is 1.78. The summed E-state index contributed by atoms with van der Waals surface area (Å²) < 4.78 is 21.9. The number of amides is 1. The van der Waals surface area contributed by atoms with Crippen molar-refractivity contribution in [3.05, 3.63) is 82.9 Å². The third-order valence-corrected chi connectivity index (χ3v) is 5.17. The Kier molecular flexibility index (Phi) is 4.22. The van der Waals surface area contributed by atoms with E-state index < -0.39 is 6.04 Å². The van der Waals surface area contributed by atoms with Crippen LogP contribution in [0.15, 0.2) is 54.6 Å². The van der Waals surface area contributed by atoms with Gasteiger partial charge in [-0.15, -0.1) is 0 Å². The molecule has 1 atom stereocenters. The Morgan fingerprint density at radius 1 is 1.00 bits per heavy atom. The van der Waals surface area contributed by atoms with Crippen molar-refractivity contribution >= 4 is 11.6 Å². The van der Waals surface area contributed by atoms with Crippen molar-refractivity contribution in [3.8, 4) is 5.75 Å². The third-order valence-electron chi connectivity index (χ3n) is 5.17. The van der Waals surface area contributed by atoms with Gasteiger partial charge in [-0.3, -0.25) is 4.79 Å². The quantitative estimate of drug-likeness (QED) is 0.688. The summed E-state index contributed by atoms with van der Waals surface area (Å²) in [6.45, 7) is 4.24. The van der Waals surface area contributed by atoms with Crippen LogP contribution >= 0.6 is 0 Å². The summed E-state index contributed by atoms with van der Waals surface area (Å²) in [6, 6.07) is 15.8. The van der Waals surface area contributed by atoms with Crippen LogP contribution in [-0.2, 0) is 11.3 Å². The van der Waals surface area contributed by atoms with Gasteiger partial charge >= 0.3 is 0 Å². The molecule has 0 bridgehead atoms. The highest BCUT2D eigenvalue weighted by Crippen LogP contribution is 2.42. The van der Waals surface area contributed by atoms with Gasteiger partial charge in [0.15, 0.2) is 0 Å². The van der Waals surface area contributed by atoms with E-state index in [2.05, 4.69) is 0 Å². The third kappa shape index (κ3) is 2.79. The van der Waals surface area contributed by atoms with Crippen LogP contribution in [-0.4, -0.2) is 17.6 Å². The van der Waals surface area contributed by atoms with Gasteiger partial charge in [0.2, 0.25) is 0 Å². The van der Waals surface area contributed by atoms with E-state index >= 15 is 0 Å². The van der Waals surface area contributed by atoms with Crippen molar-refractivity contribution in [2.45, 2.75) is 26.4 Å². The smallest absolute Gasteiger partial charge is 0.255 e. The summed E-state index contributed by atoms with van der Waals surface area (Å²) in [5, 5.41) is 0. The molecule has 0 N–H and O–H groups in total. The molecule has 0 saturated carbocycles. The maximum atomic E-state index is 14.7. The minimum absolute atomic E-state index is 0.117. The molecule has 2 aromatic carbocycles. The van der Waals surface area contributed by atoms with Crippen LogP contribution in [0.25, 0.3) is 0 Å². The number of carbonyl (C=O) groups is 1. The number of hydrogen-bond acceptors (Lipinski definition) is 2. The molecular weight excluding hydrogens is 343 g/mol. The fourth-order valence-electron chi connectivity index (χ4n) is 3.84. The first-order valence-corrected chi connectivity index (χ1v) is 8.88. The summed E-state index contributed by atoms with van der Waals surface area (Å²) in [7, 11) is 1.61. The van der Waals surface area contributed by atoms with Crippen LogP contribution in [0.1, 0.15) is 28.6 Å². The molecule has 1 unspecified atom stereocenters. The molecule has 1 aliphatic heterocycles. The van der Waals surface area contributed by atoms with Gasteiger partial charge < -0.3 is 14.2 Å². The van der Waals surface area contributed by atoms with Crippen LogP contribution in [0.2, 0.25) is 0 Å². The van der Waals surface area contributed by atoms with Gasteiger partial charge in [-0.1, -0.05) is 24.3 Å². The fourth-order valence-corrected chi connectivity index (χ4v) is 3.84. The van der Waals surface area contributed by atoms with Crippen molar-refractivity contribution in [2.24, 2.45) is 0 Å². The standard InChI is InChI=1S/C22H21FN2O2/c1-14-7-8-15(2)25(14)21-18-5-4-6-19(23)20(18)24(22(21)26)13-16-9-11-17(27-3)12-10-16/h4-12,21H,13H2,1-3H3. The Labute approximate surface area is 157 Å². The number of halogens is 1. The number of fused-ring (bicyclic) bond motifs is 1. The highest BCUT2D eigenvalue weighted by molar-refractivity contribution is 6.05. The predicted octanol–water partition coefficient (Wildman–Crippen LogP) is 4.39. The number of anilines is 1. The Morgan fingerprint density at radius 3 is 2.30 bits per heavy atom. The lowest BCUT2D eigenvalue weighted by atomic mass is 10.1. The van der Waals surface area contributed by atoms with E-state index in [1.165, 1.54) is 6.07 Å². The van der Waals surface area contributed by atoms with Gasteiger partial charge in [-0.2, -0.15) is 0 Å². The second kappa shape index (κ2) is 6.58. The molecule has 1 aromatic heterocycles. The summed E-state index contributed by atoms with van der Waals surface area (Å²) in [4.78, 5) is 14.9. The number of benzene rings is 2. The molecule has 4 nitrogen and oxygen atoms in total. The maximum absolute atomic E-state index is 14.7. The van der Waals surface area contributed by atoms with Crippen LogP contribution < -0.4 is 9.64 Å². The van der Waals surface area contributed by atoms with E-state index in [4.69, 9.17) is 4.74 Å². The molecule has 2 heterocycles. The first-order chi connectivity index (χ1) is 13.0. The second-order valence-electron chi connectivity index (χ2n) is 6.84. The predicted molar refractivity (Wildman–Crippen MR) is 103 cm³/mol. The number of ether oxygens (including phenoxy) is 1. The number of hydrogen-bond donors (Lipinski definition) is 0. The molecule has 0 fully saturated rings. The van der Waals surface area contributed by atoms with E-state index in [1.54, 1.807) is 18.1 Å². The zero-order chi connectivity index (χ0) is 19.1. The number of methoxy groups -OCH3 is 1. The number of rotatable bonds is 4. The molecule has 0 radical (unpaired) electrons. The molecule has 0 spiro atoms. The molecule has 3 aromatic rings. The van der Waals surface area contributed by atoms with E-state index in [-0.39, 0.29) is 11.7 Å². The number of aryl methyl sites for hydroxylation is 2. The van der Waals surface area contributed by atoms with Gasteiger partial charge in [0.25, 0.3) is 5.91 Å². The van der Waals surface area contributed by atoms with Crippen LogP contribution in [0, 0.1) is 19.7 Å².